The van der Waals surface area contributed by atoms with Gasteiger partial charge in [-0.05, 0) is 77.5 Å². The lowest BCUT2D eigenvalue weighted by atomic mass is 10.0. The summed E-state index contributed by atoms with van der Waals surface area (Å²) in [5.74, 6) is 0.496. The second kappa shape index (κ2) is 12.3. The zero-order valence-corrected chi connectivity index (χ0v) is 21.7. The highest BCUT2D eigenvalue weighted by atomic mass is 79.9. The molecule has 2 amide bonds. The number of amides is 2. The van der Waals surface area contributed by atoms with Crippen LogP contribution in [0.15, 0.2) is 46.9 Å². The van der Waals surface area contributed by atoms with Gasteiger partial charge in [0.2, 0.25) is 5.91 Å². The molecule has 0 spiro atoms. The van der Waals surface area contributed by atoms with Crippen LogP contribution in [0.25, 0.3) is 0 Å². The number of nitrogens with one attached hydrogen (secondary N) is 1. The summed E-state index contributed by atoms with van der Waals surface area (Å²) in [6.07, 6.45) is 0.810. The zero-order chi connectivity index (χ0) is 23.8. The minimum atomic E-state index is -0.661. The number of ether oxygens (including phenoxy) is 1. The quantitative estimate of drug-likeness (QED) is 0.419. The van der Waals surface area contributed by atoms with Crippen molar-refractivity contribution in [2.75, 3.05) is 6.61 Å². The van der Waals surface area contributed by atoms with Crippen LogP contribution in [-0.4, -0.2) is 35.4 Å². The first-order chi connectivity index (χ1) is 15.1. The maximum atomic E-state index is 13.2. The first-order valence-electron chi connectivity index (χ1n) is 10.9. The van der Waals surface area contributed by atoms with Crippen molar-refractivity contribution in [3.63, 3.8) is 0 Å². The number of hydrogen-bond acceptors (Lipinski definition) is 3. The Morgan fingerprint density at radius 2 is 1.84 bits per heavy atom. The molecule has 0 radical (unpaired) electrons. The summed E-state index contributed by atoms with van der Waals surface area (Å²) < 4.78 is 6.60. The number of benzene rings is 2. The van der Waals surface area contributed by atoms with Gasteiger partial charge in [0.15, 0.2) is 6.61 Å². The molecule has 5 nitrogen and oxygen atoms in total. The standard InChI is InChI=1S/C25H32BrClN2O3/c1-6-17(4)28-25(31)18(5)29(14-19-8-7-9-21(27)12-19)24(30)15-32-23-11-10-20(16(2)3)13-22(23)26/h7-13,16-18H,6,14-15H2,1-5H3,(H,28,31). The Morgan fingerprint density at radius 1 is 1.12 bits per heavy atom. The predicted molar refractivity (Wildman–Crippen MR) is 133 cm³/mol. The van der Waals surface area contributed by atoms with Gasteiger partial charge in [-0.25, -0.2) is 0 Å². The van der Waals surface area contributed by atoms with Gasteiger partial charge in [0.05, 0.1) is 4.47 Å². The normalized spacial score (nSPS) is 12.9. The molecule has 1 N–H and O–H groups in total. The SMILES string of the molecule is CCC(C)NC(=O)C(C)N(Cc1cccc(Cl)c1)C(=O)COc1ccc(C(C)C)cc1Br. The number of nitrogens with zero attached hydrogens (tertiary/aromatic N) is 1. The van der Waals surface area contributed by atoms with E-state index in [0.29, 0.717) is 16.7 Å². The van der Waals surface area contributed by atoms with Crippen LogP contribution in [0.3, 0.4) is 0 Å². The fourth-order valence-electron chi connectivity index (χ4n) is 3.10. The zero-order valence-electron chi connectivity index (χ0n) is 19.3. The first kappa shape index (κ1) is 26.2. The summed E-state index contributed by atoms with van der Waals surface area (Å²) in [7, 11) is 0. The third kappa shape index (κ3) is 7.52. The van der Waals surface area contributed by atoms with Gasteiger partial charge in [0, 0.05) is 17.6 Å². The molecule has 2 unspecified atom stereocenters. The van der Waals surface area contributed by atoms with Crippen LogP contribution in [0.1, 0.15) is 58.1 Å². The first-order valence-corrected chi connectivity index (χ1v) is 12.1. The lowest BCUT2D eigenvalue weighted by Gasteiger charge is -2.29. The Morgan fingerprint density at radius 3 is 2.44 bits per heavy atom. The van der Waals surface area contributed by atoms with Crippen LogP contribution in [0.4, 0.5) is 0 Å². The fourth-order valence-corrected chi connectivity index (χ4v) is 3.82. The highest BCUT2D eigenvalue weighted by molar-refractivity contribution is 9.10. The summed E-state index contributed by atoms with van der Waals surface area (Å²) in [6, 6.07) is 12.5. The molecule has 0 saturated carbocycles. The Labute approximate surface area is 204 Å². The van der Waals surface area contributed by atoms with Crippen molar-refractivity contribution in [2.24, 2.45) is 0 Å². The molecule has 0 aliphatic rings. The van der Waals surface area contributed by atoms with E-state index in [-0.39, 0.29) is 31.0 Å². The van der Waals surface area contributed by atoms with Crippen LogP contribution >= 0.6 is 27.5 Å². The molecule has 0 aliphatic heterocycles. The molecule has 0 aliphatic carbocycles. The molecule has 0 heterocycles. The summed E-state index contributed by atoms with van der Waals surface area (Å²) in [4.78, 5) is 27.5. The number of hydrogen-bond donors (Lipinski definition) is 1. The summed E-state index contributed by atoms with van der Waals surface area (Å²) in [5, 5.41) is 3.53. The Hall–Kier alpha value is -2.05. The summed E-state index contributed by atoms with van der Waals surface area (Å²) in [6.45, 7) is 9.98. The Kier molecular flexibility index (Phi) is 10.0. The Balaban J connectivity index is 2.18. The monoisotopic (exact) mass is 522 g/mol. The van der Waals surface area contributed by atoms with Gasteiger partial charge in [-0.2, -0.15) is 0 Å². The van der Waals surface area contributed by atoms with Crippen LogP contribution in [-0.2, 0) is 16.1 Å². The number of halogens is 2. The van der Waals surface area contributed by atoms with Gasteiger partial charge >= 0.3 is 0 Å². The van der Waals surface area contributed by atoms with Gasteiger partial charge in [-0.1, -0.05) is 50.6 Å². The van der Waals surface area contributed by atoms with Gasteiger partial charge in [-0.15, -0.1) is 0 Å². The lowest BCUT2D eigenvalue weighted by Crippen LogP contribution is -2.50. The second-order valence-electron chi connectivity index (χ2n) is 8.28. The van der Waals surface area contributed by atoms with E-state index in [2.05, 4.69) is 35.1 Å². The molecule has 7 heteroatoms. The number of carbonyl (C=O) groups is 2. The van der Waals surface area contributed by atoms with Crippen molar-refractivity contribution >= 4 is 39.3 Å². The predicted octanol–water partition coefficient (Wildman–Crippen LogP) is 5.94. The number of rotatable bonds is 10. The van der Waals surface area contributed by atoms with Crippen molar-refractivity contribution in [3.8, 4) is 5.75 Å². The van der Waals surface area contributed by atoms with E-state index in [4.69, 9.17) is 16.3 Å². The molecule has 0 bridgehead atoms. The molecule has 0 fully saturated rings. The van der Waals surface area contributed by atoms with Crippen molar-refractivity contribution in [1.82, 2.24) is 10.2 Å². The lowest BCUT2D eigenvalue weighted by molar-refractivity contribution is -0.142. The molecule has 0 aromatic heterocycles. The van der Waals surface area contributed by atoms with E-state index < -0.39 is 6.04 Å². The van der Waals surface area contributed by atoms with E-state index >= 15 is 0 Å². The van der Waals surface area contributed by atoms with Crippen LogP contribution < -0.4 is 10.1 Å². The maximum absolute atomic E-state index is 13.2. The van der Waals surface area contributed by atoms with Crippen LogP contribution in [0, 0.1) is 0 Å². The van der Waals surface area contributed by atoms with Gasteiger partial charge in [0.25, 0.3) is 5.91 Å². The maximum Gasteiger partial charge on any atom is 0.261 e. The van der Waals surface area contributed by atoms with Gasteiger partial charge in [0.1, 0.15) is 11.8 Å². The minimum absolute atomic E-state index is 0.0275. The van der Waals surface area contributed by atoms with E-state index in [1.54, 1.807) is 19.1 Å². The molecule has 2 aromatic carbocycles. The molecular weight excluding hydrogens is 492 g/mol. The van der Waals surface area contributed by atoms with E-state index in [1.807, 2.05) is 44.2 Å². The van der Waals surface area contributed by atoms with Gasteiger partial charge in [-0.3, -0.25) is 9.59 Å². The average Bonchev–Trinajstić information content (AvgIpc) is 2.75. The van der Waals surface area contributed by atoms with Crippen molar-refractivity contribution in [1.29, 1.82) is 0 Å². The smallest absolute Gasteiger partial charge is 0.261 e. The molecule has 174 valence electrons. The highest BCUT2D eigenvalue weighted by Gasteiger charge is 2.27. The van der Waals surface area contributed by atoms with Gasteiger partial charge < -0.3 is 15.0 Å². The largest absolute Gasteiger partial charge is 0.483 e. The van der Waals surface area contributed by atoms with Crippen molar-refractivity contribution < 1.29 is 14.3 Å². The second-order valence-corrected chi connectivity index (χ2v) is 9.57. The van der Waals surface area contributed by atoms with Crippen molar-refractivity contribution in [3.05, 3.63) is 63.1 Å². The summed E-state index contributed by atoms with van der Waals surface area (Å²) in [5.41, 5.74) is 2.02. The third-order valence-corrected chi connectivity index (χ3v) is 6.24. The summed E-state index contributed by atoms with van der Waals surface area (Å²) >= 11 is 9.64. The van der Waals surface area contributed by atoms with E-state index in [0.717, 1.165) is 16.5 Å². The third-order valence-electron chi connectivity index (χ3n) is 5.38. The minimum Gasteiger partial charge on any atom is -0.483 e. The molecule has 2 rings (SSSR count). The van der Waals surface area contributed by atoms with E-state index in [9.17, 15) is 9.59 Å². The van der Waals surface area contributed by atoms with E-state index in [1.165, 1.54) is 10.5 Å². The fraction of sp³-hybridized carbons (Fsp3) is 0.440. The molecule has 32 heavy (non-hydrogen) atoms. The van der Waals surface area contributed by atoms with Crippen molar-refractivity contribution in [2.45, 2.75) is 65.6 Å². The molecule has 2 atom stereocenters. The van der Waals surface area contributed by atoms with Crippen LogP contribution in [0.2, 0.25) is 5.02 Å². The number of carbonyl (C=O) groups excluding carboxylic acids is 2. The average molecular weight is 524 g/mol. The topological polar surface area (TPSA) is 58.6 Å². The molecular formula is C25H32BrClN2O3. The highest BCUT2D eigenvalue weighted by Crippen LogP contribution is 2.29. The van der Waals surface area contributed by atoms with Crippen LogP contribution in [0.5, 0.6) is 5.75 Å². The Bertz CT molecular complexity index is 935. The molecule has 2 aromatic rings. The molecule has 0 saturated heterocycles.